The normalized spacial score (nSPS) is 11.8. The Morgan fingerprint density at radius 1 is 1.30 bits per heavy atom. The number of halogens is 2. The molecular weight excluding hydrogens is 339 g/mol. The first-order valence-electron chi connectivity index (χ1n) is 6.91. The number of rotatable bonds is 5. The maximum absolute atomic E-state index is 11.9. The first kappa shape index (κ1) is 17.4. The van der Waals surface area contributed by atoms with Gasteiger partial charge in [-0.25, -0.2) is 4.79 Å². The molecular formula is C16H16Cl2N2O3. The Balaban J connectivity index is 1.89. The number of aryl methyl sites for hydroxylation is 1. The fourth-order valence-corrected chi connectivity index (χ4v) is 2.66. The smallest absolute Gasteiger partial charge is 0.355 e. The van der Waals surface area contributed by atoms with Crippen LogP contribution in [0.25, 0.3) is 0 Å². The molecule has 1 aromatic heterocycles. The Kier molecular flexibility index (Phi) is 5.69. The molecule has 1 aromatic carbocycles. The minimum absolute atomic E-state index is 0.332. The summed E-state index contributed by atoms with van der Waals surface area (Å²) in [5, 5.41) is 3.71. The summed E-state index contributed by atoms with van der Waals surface area (Å²) in [7, 11) is 1.72. The van der Waals surface area contributed by atoms with E-state index in [1.165, 1.54) is 0 Å². The van der Waals surface area contributed by atoms with Gasteiger partial charge < -0.3 is 14.6 Å². The Morgan fingerprint density at radius 3 is 2.65 bits per heavy atom. The molecule has 0 spiro atoms. The molecule has 5 nitrogen and oxygen atoms in total. The van der Waals surface area contributed by atoms with Crippen molar-refractivity contribution in [2.45, 2.75) is 13.0 Å². The molecule has 0 bridgehead atoms. The second-order valence-corrected chi connectivity index (χ2v) is 5.88. The summed E-state index contributed by atoms with van der Waals surface area (Å²) in [6.45, 7) is 1.42. The SMILES string of the molecule is C[C@H](NC(=O)COC(=O)c1cccn1C)c1ccc(Cl)cc1Cl. The van der Waals surface area contributed by atoms with E-state index >= 15 is 0 Å². The molecule has 0 aliphatic rings. The summed E-state index contributed by atoms with van der Waals surface area (Å²) in [5.41, 5.74) is 1.12. The van der Waals surface area contributed by atoms with Crippen LogP contribution < -0.4 is 5.32 Å². The molecule has 0 saturated heterocycles. The number of hydrogen-bond acceptors (Lipinski definition) is 3. The molecule has 1 amide bonds. The highest BCUT2D eigenvalue weighted by atomic mass is 35.5. The first-order chi connectivity index (χ1) is 10.9. The Hall–Kier alpha value is -1.98. The zero-order chi connectivity index (χ0) is 17.0. The molecule has 0 unspecified atom stereocenters. The molecule has 1 heterocycles. The summed E-state index contributed by atoms with van der Waals surface area (Å²) < 4.78 is 6.61. The predicted octanol–water partition coefficient (Wildman–Crippen LogP) is 3.37. The summed E-state index contributed by atoms with van der Waals surface area (Å²) in [5.74, 6) is -0.962. The van der Waals surface area contributed by atoms with Crippen molar-refractivity contribution >= 4 is 35.1 Å². The maximum atomic E-state index is 11.9. The minimum Gasteiger partial charge on any atom is -0.451 e. The van der Waals surface area contributed by atoms with Crippen molar-refractivity contribution in [2.24, 2.45) is 7.05 Å². The fraction of sp³-hybridized carbons (Fsp3) is 0.250. The number of esters is 1. The molecule has 0 fully saturated rings. The summed E-state index contributed by atoms with van der Waals surface area (Å²) in [6, 6.07) is 8.06. The Morgan fingerprint density at radius 2 is 2.04 bits per heavy atom. The third-order valence-corrected chi connectivity index (χ3v) is 3.86. The van der Waals surface area contributed by atoms with Crippen LogP contribution in [0.5, 0.6) is 0 Å². The topological polar surface area (TPSA) is 60.3 Å². The van der Waals surface area contributed by atoms with E-state index in [1.54, 1.807) is 55.1 Å². The second-order valence-electron chi connectivity index (χ2n) is 5.04. The number of nitrogens with zero attached hydrogens (tertiary/aromatic N) is 1. The number of aromatic nitrogens is 1. The second kappa shape index (κ2) is 7.53. The van der Waals surface area contributed by atoms with Crippen molar-refractivity contribution < 1.29 is 14.3 Å². The first-order valence-corrected chi connectivity index (χ1v) is 7.67. The van der Waals surface area contributed by atoms with E-state index in [0.717, 1.165) is 5.56 Å². The lowest BCUT2D eigenvalue weighted by molar-refractivity contribution is -0.124. The molecule has 1 atom stereocenters. The van der Waals surface area contributed by atoms with Gasteiger partial charge in [0.15, 0.2) is 6.61 Å². The van der Waals surface area contributed by atoms with Gasteiger partial charge in [0.2, 0.25) is 0 Å². The van der Waals surface area contributed by atoms with E-state index < -0.39 is 11.9 Å². The van der Waals surface area contributed by atoms with Crippen LogP contribution >= 0.6 is 23.2 Å². The van der Waals surface area contributed by atoms with Crippen LogP contribution in [0.4, 0.5) is 0 Å². The van der Waals surface area contributed by atoms with Gasteiger partial charge in [-0.2, -0.15) is 0 Å². The van der Waals surface area contributed by atoms with Crippen LogP contribution in [0.2, 0.25) is 10.0 Å². The molecule has 0 saturated carbocycles. The van der Waals surface area contributed by atoms with Crippen LogP contribution in [0.1, 0.15) is 29.0 Å². The lowest BCUT2D eigenvalue weighted by Crippen LogP contribution is -2.31. The van der Waals surface area contributed by atoms with E-state index in [1.807, 2.05) is 0 Å². The molecule has 122 valence electrons. The van der Waals surface area contributed by atoms with Gasteiger partial charge in [0.05, 0.1) is 6.04 Å². The van der Waals surface area contributed by atoms with Gasteiger partial charge in [-0.3, -0.25) is 4.79 Å². The monoisotopic (exact) mass is 354 g/mol. The molecule has 23 heavy (non-hydrogen) atoms. The quantitative estimate of drug-likeness (QED) is 0.837. The number of carbonyl (C=O) groups is 2. The Bertz CT molecular complexity index is 728. The zero-order valence-corrected chi connectivity index (χ0v) is 14.2. The third-order valence-electron chi connectivity index (χ3n) is 3.29. The van der Waals surface area contributed by atoms with Crippen molar-refractivity contribution in [3.8, 4) is 0 Å². The van der Waals surface area contributed by atoms with Gasteiger partial charge in [-0.05, 0) is 36.8 Å². The van der Waals surface area contributed by atoms with E-state index in [9.17, 15) is 9.59 Å². The number of carbonyl (C=O) groups excluding carboxylic acids is 2. The molecule has 1 N–H and O–H groups in total. The van der Waals surface area contributed by atoms with Crippen molar-refractivity contribution in [2.75, 3.05) is 6.61 Å². The van der Waals surface area contributed by atoms with Crippen LogP contribution in [-0.4, -0.2) is 23.1 Å². The van der Waals surface area contributed by atoms with Gasteiger partial charge in [0.25, 0.3) is 5.91 Å². The number of hydrogen-bond donors (Lipinski definition) is 1. The van der Waals surface area contributed by atoms with Crippen molar-refractivity contribution in [3.63, 3.8) is 0 Å². The molecule has 0 radical (unpaired) electrons. The summed E-state index contributed by atoms with van der Waals surface area (Å²) >= 11 is 11.9. The summed E-state index contributed by atoms with van der Waals surface area (Å²) in [6.07, 6.45) is 1.72. The molecule has 2 aromatic rings. The third kappa shape index (κ3) is 4.50. The van der Waals surface area contributed by atoms with E-state index in [0.29, 0.717) is 15.7 Å². The van der Waals surface area contributed by atoms with E-state index in [-0.39, 0.29) is 12.6 Å². The zero-order valence-electron chi connectivity index (χ0n) is 12.7. The highest BCUT2D eigenvalue weighted by Gasteiger charge is 2.16. The van der Waals surface area contributed by atoms with Gasteiger partial charge in [0.1, 0.15) is 5.69 Å². The number of benzene rings is 1. The van der Waals surface area contributed by atoms with Crippen molar-refractivity contribution in [1.29, 1.82) is 0 Å². The van der Waals surface area contributed by atoms with Crippen LogP contribution in [-0.2, 0) is 16.6 Å². The highest BCUT2D eigenvalue weighted by Crippen LogP contribution is 2.25. The molecule has 0 aliphatic heterocycles. The van der Waals surface area contributed by atoms with Crippen LogP contribution in [0.3, 0.4) is 0 Å². The lowest BCUT2D eigenvalue weighted by atomic mass is 10.1. The largest absolute Gasteiger partial charge is 0.451 e. The highest BCUT2D eigenvalue weighted by molar-refractivity contribution is 6.35. The van der Waals surface area contributed by atoms with E-state index in [2.05, 4.69) is 5.32 Å². The average molecular weight is 355 g/mol. The standard InChI is InChI=1S/C16H16Cl2N2O3/c1-10(12-6-5-11(17)8-13(12)18)19-15(21)9-23-16(22)14-4-3-7-20(14)2/h3-8,10H,9H2,1-2H3,(H,19,21)/t10-/m0/s1. The number of ether oxygens (including phenoxy) is 1. The van der Waals surface area contributed by atoms with Gasteiger partial charge in [-0.15, -0.1) is 0 Å². The van der Waals surface area contributed by atoms with Gasteiger partial charge in [-0.1, -0.05) is 29.3 Å². The summed E-state index contributed by atoms with van der Waals surface area (Å²) in [4.78, 5) is 23.7. The van der Waals surface area contributed by atoms with Gasteiger partial charge >= 0.3 is 5.97 Å². The Labute approximate surface area is 144 Å². The maximum Gasteiger partial charge on any atom is 0.355 e. The number of amides is 1. The minimum atomic E-state index is -0.551. The molecule has 0 aliphatic carbocycles. The predicted molar refractivity (Wildman–Crippen MR) is 88.7 cm³/mol. The van der Waals surface area contributed by atoms with Crippen molar-refractivity contribution in [3.05, 3.63) is 57.8 Å². The van der Waals surface area contributed by atoms with Crippen LogP contribution in [0, 0.1) is 0 Å². The van der Waals surface area contributed by atoms with Crippen LogP contribution in [0.15, 0.2) is 36.5 Å². The molecule has 2 rings (SSSR count). The number of nitrogens with one attached hydrogen (secondary N) is 1. The van der Waals surface area contributed by atoms with Crippen molar-refractivity contribution in [1.82, 2.24) is 9.88 Å². The lowest BCUT2D eigenvalue weighted by Gasteiger charge is -2.16. The van der Waals surface area contributed by atoms with E-state index in [4.69, 9.17) is 27.9 Å². The fourth-order valence-electron chi connectivity index (χ4n) is 2.09. The molecule has 7 heteroatoms. The van der Waals surface area contributed by atoms with Gasteiger partial charge in [0, 0.05) is 23.3 Å². The average Bonchev–Trinajstić information content (AvgIpc) is 2.90.